The van der Waals surface area contributed by atoms with E-state index in [-0.39, 0.29) is 5.82 Å². The van der Waals surface area contributed by atoms with Crippen molar-refractivity contribution in [2.24, 2.45) is 5.92 Å². The van der Waals surface area contributed by atoms with Gasteiger partial charge in [-0.25, -0.2) is 4.39 Å². The normalized spacial score (nSPS) is 13.1. The van der Waals surface area contributed by atoms with Crippen molar-refractivity contribution < 1.29 is 4.39 Å². The molecule has 1 nitrogen and oxygen atoms in total. The van der Waals surface area contributed by atoms with Gasteiger partial charge in [-0.1, -0.05) is 48.0 Å². The third kappa shape index (κ3) is 3.92. The van der Waals surface area contributed by atoms with Crippen LogP contribution in [0.1, 0.15) is 19.4 Å². The molecule has 0 aliphatic rings. The molecule has 84 valence electrons. The lowest BCUT2D eigenvalue weighted by atomic mass is 10.1. The summed E-state index contributed by atoms with van der Waals surface area (Å²) in [7, 11) is 0. The van der Waals surface area contributed by atoms with Crippen molar-refractivity contribution in [3.05, 3.63) is 35.6 Å². The van der Waals surface area contributed by atoms with Gasteiger partial charge >= 0.3 is 0 Å². The van der Waals surface area contributed by atoms with E-state index in [0.29, 0.717) is 18.5 Å². The number of rotatable bonds is 5. The van der Waals surface area contributed by atoms with E-state index < -0.39 is 0 Å². The van der Waals surface area contributed by atoms with Crippen molar-refractivity contribution in [2.45, 2.75) is 26.4 Å². The second-order valence-corrected chi connectivity index (χ2v) is 4.62. The van der Waals surface area contributed by atoms with Gasteiger partial charge in [0.1, 0.15) is 5.82 Å². The summed E-state index contributed by atoms with van der Waals surface area (Å²) in [5.74, 6) is 0.401. The van der Waals surface area contributed by atoms with E-state index in [9.17, 15) is 4.39 Å². The molecule has 0 bridgehead atoms. The Labute approximate surface area is 99.2 Å². The van der Waals surface area contributed by atoms with Crippen LogP contribution in [0.25, 0.3) is 0 Å². The zero-order valence-corrected chi connectivity index (χ0v) is 10.7. The molecule has 1 rings (SSSR count). The summed E-state index contributed by atoms with van der Waals surface area (Å²) in [5, 5.41) is 4.23. The molecule has 0 spiro atoms. The summed E-state index contributed by atoms with van der Waals surface area (Å²) in [6.07, 6.45) is 0. The fourth-order valence-electron chi connectivity index (χ4n) is 1.35. The topological polar surface area (TPSA) is 12.0 Å². The number of hydrogen-bond acceptors (Lipinski definition) is 1. The van der Waals surface area contributed by atoms with E-state index in [1.807, 2.05) is 12.1 Å². The van der Waals surface area contributed by atoms with Gasteiger partial charge in [0, 0.05) is 23.5 Å². The summed E-state index contributed by atoms with van der Waals surface area (Å²) in [5.41, 5.74) is 0.726. The van der Waals surface area contributed by atoms with Gasteiger partial charge in [-0.15, -0.1) is 0 Å². The second kappa shape index (κ2) is 6.23. The second-order valence-electron chi connectivity index (χ2n) is 3.98. The highest BCUT2D eigenvalue weighted by Gasteiger charge is 2.11. The number of alkyl halides is 1. The van der Waals surface area contributed by atoms with E-state index in [2.05, 4.69) is 35.1 Å². The summed E-state index contributed by atoms with van der Waals surface area (Å²) in [6.45, 7) is 4.89. The summed E-state index contributed by atoms with van der Waals surface area (Å²) in [6, 6.07) is 7.26. The molecule has 0 radical (unpaired) electrons. The van der Waals surface area contributed by atoms with Crippen LogP contribution in [-0.4, -0.2) is 11.4 Å². The fraction of sp³-hybridized carbons (Fsp3) is 0.500. The van der Waals surface area contributed by atoms with E-state index >= 15 is 0 Å². The SMILES string of the molecule is CC(C)C(CBr)NCc1ccccc1F. The van der Waals surface area contributed by atoms with Crippen LogP contribution in [0.15, 0.2) is 24.3 Å². The lowest BCUT2D eigenvalue weighted by Crippen LogP contribution is -2.34. The Morgan fingerprint density at radius 2 is 2.00 bits per heavy atom. The Bertz CT molecular complexity index is 301. The van der Waals surface area contributed by atoms with Crippen LogP contribution in [0.4, 0.5) is 4.39 Å². The van der Waals surface area contributed by atoms with Gasteiger partial charge in [0.25, 0.3) is 0 Å². The van der Waals surface area contributed by atoms with E-state index in [1.54, 1.807) is 6.07 Å². The molecule has 15 heavy (non-hydrogen) atoms. The number of hydrogen-bond donors (Lipinski definition) is 1. The van der Waals surface area contributed by atoms with Gasteiger partial charge in [0.2, 0.25) is 0 Å². The highest BCUT2D eigenvalue weighted by Crippen LogP contribution is 2.09. The van der Waals surface area contributed by atoms with Crippen molar-refractivity contribution in [1.29, 1.82) is 0 Å². The Morgan fingerprint density at radius 3 is 2.53 bits per heavy atom. The van der Waals surface area contributed by atoms with Crippen LogP contribution in [0.5, 0.6) is 0 Å². The van der Waals surface area contributed by atoms with Crippen molar-refractivity contribution in [3.8, 4) is 0 Å². The first-order chi connectivity index (χ1) is 7.15. The molecular weight excluding hydrogens is 257 g/mol. The molecule has 0 amide bonds. The molecule has 1 atom stereocenters. The monoisotopic (exact) mass is 273 g/mol. The zero-order valence-electron chi connectivity index (χ0n) is 9.13. The van der Waals surface area contributed by atoms with Gasteiger partial charge in [-0.3, -0.25) is 0 Å². The Morgan fingerprint density at radius 1 is 1.33 bits per heavy atom. The van der Waals surface area contributed by atoms with Crippen LogP contribution >= 0.6 is 15.9 Å². The molecule has 3 heteroatoms. The zero-order chi connectivity index (χ0) is 11.3. The molecule has 1 aromatic rings. The highest BCUT2D eigenvalue weighted by molar-refractivity contribution is 9.09. The van der Waals surface area contributed by atoms with Gasteiger partial charge in [0.05, 0.1) is 0 Å². The Kier molecular flexibility index (Phi) is 5.26. The lowest BCUT2D eigenvalue weighted by molar-refractivity contribution is 0.429. The maximum Gasteiger partial charge on any atom is 0.127 e. The quantitative estimate of drug-likeness (QED) is 0.812. The molecule has 0 saturated carbocycles. The van der Waals surface area contributed by atoms with Gasteiger partial charge in [-0.2, -0.15) is 0 Å². The van der Waals surface area contributed by atoms with Crippen LogP contribution in [0, 0.1) is 11.7 Å². The van der Waals surface area contributed by atoms with Gasteiger partial charge in [-0.05, 0) is 12.0 Å². The van der Waals surface area contributed by atoms with Crippen molar-refractivity contribution in [3.63, 3.8) is 0 Å². The Hall–Kier alpha value is -0.410. The number of halogens is 2. The maximum atomic E-state index is 13.3. The van der Waals surface area contributed by atoms with Crippen molar-refractivity contribution in [2.75, 3.05) is 5.33 Å². The maximum absolute atomic E-state index is 13.3. The average Bonchev–Trinajstić information content (AvgIpc) is 2.21. The minimum atomic E-state index is -0.137. The molecule has 0 saturated heterocycles. The van der Waals surface area contributed by atoms with Crippen LogP contribution in [-0.2, 0) is 6.54 Å². The molecule has 0 aliphatic carbocycles. The van der Waals surface area contributed by atoms with E-state index in [1.165, 1.54) is 6.07 Å². The number of benzene rings is 1. The Balaban J connectivity index is 2.53. The van der Waals surface area contributed by atoms with Crippen LogP contribution in [0.2, 0.25) is 0 Å². The standard InChI is InChI=1S/C12H17BrFN/c1-9(2)12(7-13)15-8-10-5-3-4-6-11(10)14/h3-6,9,12,15H,7-8H2,1-2H3. The smallest absolute Gasteiger partial charge is 0.127 e. The summed E-state index contributed by atoms with van der Waals surface area (Å²) in [4.78, 5) is 0. The predicted octanol–water partition coefficient (Wildman–Crippen LogP) is 3.33. The largest absolute Gasteiger partial charge is 0.309 e. The molecule has 0 fully saturated rings. The minimum Gasteiger partial charge on any atom is -0.309 e. The molecular formula is C12H17BrFN. The van der Waals surface area contributed by atoms with Crippen LogP contribution < -0.4 is 5.32 Å². The van der Waals surface area contributed by atoms with Crippen molar-refractivity contribution in [1.82, 2.24) is 5.32 Å². The molecule has 1 N–H and O–H groups in total. The summed E-state index contributed by atoms with van der Waals surface area (Å²) < 4.78 is 13.3. The predicted molar refractivity (Wildman–Crippen MR) is 65.7 cm³/mol. The highest BCUT2D eigenvalue weighted by atomic mass is 79.9. The molecule has 0 aliphatic heterocycles. The van der Waals surface area contributed by atoms with Gasteiger partial charge < -0.3 is 5.32 Å². The molecule has 0 heterocycles. The first-order valence-corrected chi connectivity index (χ1v) is 6.30. The fourth-order valence-corrected chi connectivity index (χ4v) is 2.33. The third-order valence-electron chi connectivity index (χ3n) is 2.48. The lowest BCUT2D eigenvalue weighted by Gasteiger charge is -2.20. The van der Waals surface area contributed by atoms with Crippen LogP contribution in [0.3, 0.4) is 0 Å². The first-order valence-electron chi connectivity index (χ1n) is 5.18. The minimum absolute atomic E-state index is 0.137. The molecule has 1 aromatic carbocycles. The van der Waals surface area contributed by atoms with E-state index in [4.69, 9.17) is 0 Å². The number of nitrogens with one attached hydrogen (secondary N) is 1. The summed E-state index contributed by atoms with van der Waals surface area (Å²) >= 11 is 3.45. The average molecular weight is 274 g/mol. The van der Waals surface area contributed by atoms with Gasteiger partial charge in [0.15, 0.2) is 0 Å². The molecule has 1 unspecified atom stereocenters. The van der Waals surface area contributed by atoms with Crippen molar-refractivity contribution >= 4 is 15.9 Å². The molecule has 0 aromatic heterocycles. The van der Waals surface area contributed by atoms with E-state index in [0.717, 1.165) is 10.9 Å². The third-order valence-corrected chi connectivity index (χ3v) is 3.18. The first kappa shape index (κ1) is 12.7.